The fraction of sp³-hybridized carbons (Fsp3) is 0.167. The normalized spacial score (nSPS) is 11.7. The summed E-state index contributed by atoms with van der Waals surface area (Å²) in [5.41, 5.74) is 7.17. The molecule has 1 amide bonds. The Hall–Kier alpha value is -2.58. The number of nitrogens with one attached hydrogen (secondary N) is 1. The summed E-state index contributed by atoms with van der Waals surface area (Å²) in [5, 5.41) is 10.7. The summed E-state index contributed by atoms with van der Waals surface area (Å²) in [4.78, 5) is 13.0. The lowest BCUT2D eigenvalue weighted by molar-refractivity contribution is -0.115. The van der Waals surface area contributed by atoms with Crippen LogP contribution >= 0.6 is 23.1 Å². The first-order valence-corrected chi connectivity index (χ1v) is 9.70. The molecular formula is C18H18N4O2S2. The first-order valence-electron chi connectivity index (χ1n) is 8.00. The number of para-hydroxylation sites is 2. The van der Waals surface area contributed by atoms with Crippen LogP contribution in [-0.4, -0.2) is 22.7 Å². The van der Waals surface area contributed by atoms with Gasteiger partial charge >= 0.3 is 0 Å². The van der Waals surface area contributed by atoms with Crippen molar-refractivity contribution in [2.75, 3.05) is 17.7 Å². The van der Waals surface area contributed by atoms with Gasteiger partial charge in [-0.15, -0.1) is 10.2 Å². The van der Waals surface area contributed by atoms with Gasteiger partial charge in [-0.1, -0.05) is 65.6 Å². The molecule has 0 aliphatic heterocycles. The van der Waals surface area contributed by atoms with Gasteiger partial charge in [0.05, 0.1) is 12.3 Å². The molecular weight excluding hydrogens is 368 g/mol. The largest absolute Gasteiger partial charge is 0.492 e. The lowest BCUT2D eigenvalue weighted by atomic mass is 10.1. The molecule has 8 heteroatoms. The van der Waals surface area contributed by atoms with Gasteiger partial charge in [0.25, 0.3) is 0 Å². The Labute approximate surface area is 159 Å². The highest BCUT2D eigenvalue weighted by Gasteiger charge is 2.24. The first kappa shape index (κ1) is 18.2. The third-order valence-corrected chi connectivity index (χ3v) is 5.52. The van der Waals surface area contributed by atoms with Crippen LogP contribution < -0.4 is 15.8 Å². The van der Waals surface area contributed by atoms with Crippen molar-refractivity contribution in [1.29, 1.82) is 0 Å². The van der Waals surface area contributed by atoms with E-state index >= 15 is 0 Å². The molecule has 1 aromatic heterocycles. The Bertz CT molecular complexity index is 870. The van der Waals surface area contributed by atoms with E-state index in [1.54, 1.807) is 0 Å². The Morgan fingerprint density at radius 3 is 2.62 bits per heavy atom. The Balaban J connectivity index is 1.85. The SMILES string of the molecule is CCOc1ccccc1NC(=O)[C@H](Sc1nnc(N)s1)c1ccccc1. The average Bonchev–Trinajstić information content (AvgIpc) is 3.07. The lowest BCUT2D eigenvalue weighted by Gasteiger charge is -2.17. The van der Waals surface area contributed by atoms with Gasteiger partial charge in [-0.3, -0.25) is 4.79 Å². The van der Waals surface area contributed by atoms with Crippen molar-refractivity contribution in [3.05, 3.63) is 60.2 Å². The van der Waals surface area contributed by atoms with E-state index in [9.17, 15) is 4.79 Å². The highest BCUT2D eigenvalue weighted by atomic mass is 32.2. The van der Waals surface area contributed by atoms with Gasteiger partial charge < -0.3 is 15.8 Å². The van der Waals surface area contributed by atoms with Crippen molar-refractivity contribution < 1.29 is 9.53 Å². The molecule has 0 spiro atoms. The Morgan fingerprint density at radius 1 is 1.19 bits per heavy atom. The third-order valence-electron chi connectivity index (χ3n) is 3.43. The van der Waals surface area contributed by atoms with Crippen LogP contribution in [0, 0.1) is 0 Å². The monoisotopic (exact) mass is 386 g/mol. The molecule has 0 bridgehead atoms. The number of aromatic nitrogens is 2. The zero-order chi connectivity index (χ0) is 18.4. The van der Waals surface area contributed by atoms with Crippen LogP contribution in [0.1, 0.15) is 17.7 Å². The molecule has 2 aromatic carbocycles. The minimum Gasteiger partial charge on any atom is -0.492 e. The van der Waals surface area contributed by atoms with Gasteiger partial charge in [-0.25, -0.2) is 0 Å². The quantitative estimate of drug-likeness (QED) is 0.597. The number of nitrogen functional groups attached to an aromatic ring is 1. The standard InChI is InChI=1S/C18H18N4O2S2/c1-2-24-14-11-7-6-10-13(14)20-16(23)15(12-8-4-3-5-9-12)25-18-22-21-17(19)26-18/h3-11,15H,2H2,1H3,(H2,19,21)(H,20,23)/t15-/m1/s1. The first-order chi connectivity index (χ1) is 12.7. The summed E-state index contributed by atoms with van der Waals surface area (Å²) in [6.07, 6.45) is 0. The topological polar surface area (TPSA) is 90.1 Å². The van der Waals surface area contributed by atoms with Crippen molar-refractivity contribution >= 4 is 39.8 Å². The van der Waals surface area contributed by atoms with Gasteiger partial charge in [0, 0.05) is 0 Å². The van der Waals surface area contributed by atoms with Gasteiger partial charge in [-0.05, 0) is 24.6 Å². The van der Waals surface area contributed by atoms with E-state index in [0.29, 0.717) is 27.5 Å². The molecule has 6 nitrogen and oxygen atoms in total. The molecule has 3 N–H and O–H groups in total. The second-order valence-corrected chi connectivity index (χ2v) is 7.59. The summed E-state index contributed by atoms with van der Waals surface area (Å²) < 4.78 is 6.23. The molecule has 0 fully saturated rings. The molecule has 0 unspecified atom stereocenters. The third kappa shape index (κ3) is 4.53. The highest BCUT2D eigenvalue weighted by Crippen LogP contribution is 2.38. The number of benzene rings is 2. The van der Waals surface area contributed by atoms with Crippen LogP contribution in [0.5, 0.6) is 5.75 Å². The summed E-state index contributed by atoms with van der Waals surface area (Å²) in [6, 6.07) is 16.9. The smallest absolute Gasteiger partial charge is 0.242 e. The van der Waals surface area contributed by atoms with E-state index in [1.165, 1.54) is 23.1 Å². The molecule has 1 heterocycles. The number of ether oxygens (including phenoxy) is 1. The van der Waals surface area contributed by atoms with Crippen LogP contribution in [0.25, 0.3) is 0 Å². The highest BCUT2D eigenvalue weighted by molar-refractivity contribution is 8.02. The lowest BCUT2D eigenvalue weighted by Crippen LogP contribution is -2.19. The van der Waals surface area contributed by atoms with Crippen molar-refractivity contribution in [3.8, 4) is 5.75 Å². The number of amides is 1. The van der Waals surface area contributed by atoms with Gasteiger partial charge in [0.1, 0.15) is 11.0 Å². The molecule has 0 aliphatic carbocycles. The van der Waals surface area contributed by atoms with Crippen molar-refractivity contribution in [3.63, 3.8) is 0 Å². The van der Waals surface area contributed by atoms with E-state index in [2.05, 4.69) is 15.5 Å². The van der Waals surface area contributed by atoms with Crippen LogP contribution in [0.3, 0.4) is 0 Å². The molecule has 26 heavy (non-hydrogen) atoms. The van der Waals surface area contributed by atoms with Crippen LogP contribution in [0.15, 0.2) is 58.9 Å². The maximum absolute atomic E-state index is 13.0. The summed E-state index contributed by atoms with van der Waals surface area (Å²) >= 11 is 2.58. The fourth-order valence-electron chi connectivity index (χ4n) is 2.32. The summed E-state index contributed by atoms with van der Waals surface area (Å²) in [5.74, 6) is 0.474. The number of rotatable bonds is 7. The molecule has 0 radical (unpaired) electrons. The number of hydrogen-bond acceptors (Lipinski definition) is 7. The number of thioether (sulfide) groups is 1. The maximum Gasteiger partial charge on any atom is 0.242 e. The van der Waals surface area contributed by atoms with E-state index in [1.807, 2.05) is 61.5 Å². The summed E-state index contributed by atoms with van der Waals surface area (Å²) in [7, 11) is 0. The number of nitrogens with two attached hydrogens (primary N) is 1. The second-order valence-electron chi connectivity index (χ2n) is 5.23. The average molecular weight is 387 g/mol. The van der Waals surface area contributed by atoms with E-state index in [4.69, 9.17) is 10.5 Å². The minimum absolute atomic E-state index is 0.165. The molecule has 0 aliphatic rings. The fourth-order valence-corrected chi connectivity index (χ4v) is 4.15. The number of anilines is 2. The number of nitrogens with zero attached hydrogens (tertiary/aromatic N) is 2. The van der Waals surface area contributed by atoms with Gasteiger partial charge in [0.15, 0.2) is 4.34 Å². The number of carbonyl (C=O) groups is 1. The molecule has 3 rings (SSSR count). The van der Waals surface area contributed by atoms with Crippen molar-refractivity contribution in [2.45, 2.75) is 16.5 Å². The van der Waals surface area contributed by atoms with Gasteiger partial charge in [0.2, 0.25) is 11.0 Å². The zero-order valence-electron chi connectivity index (χ0n) is 14.1. The molecule has 0 saturated heterocycles. The summed E-state index contributed by atoms with van der Waals surface area (Å²) in [6.45, 7) is 2.43. The van der Waals surface area contributed by atoms with E-state index < -0.39 is 5.25 Å². The molecule has 1 atom stereocenters. The van der Waals surface area contributed by atoms with Crippen LogP contribution in [0.4, 0.5) is 10.8 Å². The van der Waals surface area contributed by atoms with E-state index in [-0.39, 0.29) is 5.91 Å². The zero-order valence-corrected chi connectivity index (χ0v) is 15.7. The Kier molecular flexibility index (Phi) is 6.08. The predicted molar refractivity (Wildman–Crippen MR) is 106 cm³/mol. The van der Waals surface area contributed by atoms with E-state index in [0.717, 1.165) is 5.56 Å². The van der Waals surface area contributed by atoms with Crippen molar-refractivity contribution in [2.24, 2.45) is 0 Å². The minimum atomic E-state index is -0.488. The second kappa shape index (κ2) is 8.68. The predicted octanol–water partition coefficient (Wildman–Crippen LogP) is 3.99. The Morgan fingerprint density at radius 2 is 1.92 bits per heavy atom. The maximum atomic E-state index is 13.0. The number of hydrogen-bond donors (Lipinski definition) is 2. The molecule has 134 valence electrons. The molecule has 3 aromatic rings. The van der Waals surface area contributed by atoms with Gasteiger partial charge in [-0.2, -0.15) is 0 Å². The molecule has 0 saturated carbocycles. The number of carbonyl (C=O) groups excluding carboxylic acids is 1. The van der Waals surface area contributed by atoms with Crippen LogP contribution in [-0.2, 0) is 4.79 Å². The van der Waals surface area contributed by atoms with Crippen molar-refractivity contribution in [1.82, 2.24) is 10.2 Å². The van der Waals surface area contributed by atoms with Crippen LogP contribution in [0.2, 0.25) is 0 Å².